The minimum Gasteiger partial charge on any atom is -0.383 e. The quantitative estimate of drug-likeness (QED) is 0.739. The number of nitrogens with zero attached hydrogens (tertiary/aromatic N) is 2. The van der Waals surface area contributed by atoms with Crippen LogP contribution in [0.15, 0.2) is 18.3 Å². The standard InChI is InChI=1S/C16H27N3O2/c1-19(12-14-5-4-9-21-13-14)16-15(6-3-7-18-16)11-17-8-10-20-2/h3,6-7,14,17H,4-5,8-13H2,1-2H3. The fourth-order valence-corrected chi connectivity index (χ4v) is 2.73. The zero-order chi connectivity index (χ0) is 14.9. The van der Waals surface area contributed by atoms with Crippen molar-refractivity contribution in [1.29, 1.82) is 0 Å². The monoisotopic (exact) mass is 293 g/mol. The van der Waals surface area contributed by atoms with E-state index < -0.39 is 0 Å². The molecule has 1 atom stereocenters. The van der Waals surface area contributed by atoms with Gasteiger partial charge in [0.25, 0.3) is 0 Å². The Morgan fingerprint density at radius 2 is 2.43 bits per heavy atom. The van der Waals surface area contributed by atoms with Crippen LogP contribution >= 0.6 is 0 Å². The Labute approximate surface area is 127 Å². The maximum absolute atomic E-state index is 5.57. The van der Waals surface area contributed by atoms with Gasteiger partial charge in [-0.3, -0.25) is 0 Å². The number of nitrogens with one attached hydrogen (secondary N) is 1. The highest BCUT2D eigenvalue weighted by molar-refractivity contribution is 5.45. The first-order valence-electron chi connectivity index (χ1n) is 7.73. The van der Waals surface area contributed by atoms with Crippen LogP contribution < -0.4 is 10.2 Å². The van der Waals surface area contributed by atoms with Crippen molar-refractivity contribution in [2.75, 3.05) is 52.0 Å². The van der Waals surface area contributed by atoms with Gasteiger partial charge in [0.05, 0.1) is 13.2 Å². The molecular formula is C16H27N3O2. The van der Waals surface area contributed by atoms with Crippen LogP contribution in [0.1, 0.15) is 18.4 Å². The first-order valence-corrected chi connectivity index (χ1v) is 7.73. The van der Waals surface area contributed by atoms with Crippen molar-refractivity contribution in [3.8, 4) is 0 Å². The predicted octanol–water partition coefficient (Wildman–Crippen LogP) is 1.68. The summed E-state index contributed by atoms with van der Waals surface area (Å²) in [6.07, 6.45) is 4.28. The van der Waals surface area contributed by atoms with Gasteiger partial charge in [0.15, 0.2) is 0 Å². The molecule has 1 aromatic rings. The number of anilines is 1. The van der Waals surface area contributed by atoms with Crippen molar-refractivity contribution in [2.45, 2.75) is 19.4 Å². The Kier molecular flexibility index (Phi) is 6.92. The summed E-state index contributed by atoms with van der Waals surface area (Å²) in [5.74, 6) is 1.67. The fourth-order valence-electron chi connectivity index (χ4n) is 2.73. The van der Waals surface area contributed by atoms with Gasteiger partial charge < -0.3 is 19.7 Å². The van der Waals surface area contributed by atoms with Gasteiger partial charge in [-0.25, -0.2) is 4.98 Å². The number of ether oxygens (including phenoxy) is 2. The first-order chi connectivity index (χ1) is 10.3. The van der Waals surface area contributed by atoms with E-state index in [0.717, 1.165) is 45.3 Å². The number of aromatic nitrogens is 1. The molecule has 2 rings (SSSR count). The van der Waals surface area contributed by atoms with Crippen LogP contribution in [0.5, 0.6) is 0 Å². The maximum Gasteiger partial charge on any atom is 0.132 e. The molecule has 118 valence electrons. The summed E-state index contributed by atoms with van der Waals surface area (Å²) in [6.45, 7) is 5.19. The number of hydrogen-bond donors (Lipinski definition) is 1. The average molecular weight is 293 g/mol. The van der Waals surface area contributed by atoms with Gasteiger partial charge >= 0.3 is 0 Å². The number of rotatable bonds is 8. The third-order valence-electron chi connectivity index (χ3n) is 3.81. The zero-order valence-corrected chi connectivity index (χ0v) is 13.2. The minimum atomic E-state index is 0.611. The van der Waals surface area contributed by atoms with E-state index >= 15 is 0 Å². The number of hydrogen-bond acceptors (Lipinski definition) is 5. The molecule has 0 spiro atoms. The van der Waals surface area contributed by atoms with E-state index in [9.17, 15) is 0 Å². The average Bonchev–Trinajstić information content (AvgIpc) is 2.53. The van der Waals surface area contributed by atoms with E-state index in [1.807, 2.05) is 12.3 Å². The smallest absolute Gasteiger partial charge is 0.132 e. The Balaban J connectivity index is 1.90. The van der Waals surface area contributed by atoms with Crippen LogP contribution in [0, 0.1) is 5.92 Å². The van der Waals surface area contributed by atoms with Crippen molar-refractivity contribution in [2.24, 2.45) is 5.92 Å². The Bertz CT molecular complexity index is 408. The van der Waals surface area contributed by atoms with E-state index in [-0.39, 0.29) is 0 Å². The van der Waals surface area contributed by atoms with E-state index in [1.165, 1.54) is 18.4 Å². The van der Waals surface area contributed by atoms with Crippen molar-refractivity contribution in [3.05, 3.63) is 23.9 Å². The molecule has 0 radical (unpaired) electrons. The van der Waals surface area contributed by atoms with Gasteiger partial charge in [0.2, 0.25) is 0 Å². The van der Waals surface area contributed by atoms with Gasteiger partial charge in [-0.2, -0.15) is 0 Å². The molecule has 2 heterocycles. The molecule has 0 aromatic carbocycles. The fraction of sp³-hybridized carbons (Fsp3) is 0.688. The second-order valence-electron chi connectivity index (χ2n) is 5.62. The van der Waals surface area contributed by atoms with Gasteiger partial charge in [-0.15, -0.1) is 0 Å². The molecule has 5 heteroatoms. The van der Waals surface area contributed by atoms with Crippen LogP contribution in [0.3, 0.4) is 0 Å². The number of methoxy groups -OCH3 is 1. The van der Waals surface area contributed by atoms with Crippen LogP contribution in [-0.2, 0) is 16.0 Å². The summed E-state index contributed by atoms with van der Waals surface area (Å²) in [7, 11) is 3.84. The Morgan fingerprint density at radius 1 is 1.52 bits per heavy atom. The highest BCUT2D eigenvalue weighted by Gasteiger charge is 2.18. The Morgan fingerprint density at radius 3 is 3.19 bits per heavy atom. The molecule has 1 aromatic heterocycles. The van der Waals surface area contributed by atoms with Crippen molar-refractivity contribution in [1.82, 2.24) is 10.3 Å². The molecule has 21 heavy (non-hydrogen) atoms. The molecule has 1 N–H and O–H groups in total. The molecule has 1 unspecified atom stereocenters. The van der Waals surface area contributed by atoms with Gasteiger partial charge in [-0.05, 0) is 24.8 Å². The SMILES string of the molecule is COCCNCc1cccnc1N(C)CC1CCCOC1. The van der Waals surface area contributed by atoms with Gasteiger partial charge in [0, 0.05) is 52.2 Å². The summed E-state index contributed by atoms with van der Waals surface area (Å²) in [5, 5.41) is 3.39. The second kappa shape index (κ2) is 8.97. The Hall–Kier alpha value is -1.17. The largest absolute Gasteiger partial charge is 0.383 e. The third kappa shape index (κ3) is 5.26. The van der Waals surface area contributed by atoms with Crippen LogP contribution in [0.4, 0.5) is 5.82 Å². The molecule has 0 amide bonds. The van der Waals surface area contributed by atoms with Crippen molar-refractivity contribution in [3.63, 3.8) is 0 Å². The molecule has 0 aliphatic carbocycles. The number of pyridine rings is 1. The van der Waals surface area contributed by atoms with Gasteiger partial charge in [0.1, 0.15) is 5.82 Å². The molecular weight excluding hydrogens is 266 g/mol. The minimum absolute atomic E-state index is 0.611. The first kappa shape index (κ1) is 16.2. The van der Waals surface area contributed by atoms with Crippen molar-refractivity contribution < 1.29 is 9.47 Å². The summed E-state index contributed by atoms with van der Waals surface area (Å²) < 4.78 is 10.6. The van der Waals surface area contributed by atoms with E-state index in [2.05, 4.69) is 28.3 Å². The summed E-state index contributed by atoms with van der Waals surface area (Å²) in [6, 6.07) is 4.13. The zero-order valence-electron chi connectivity index (χ0n) is 13.2. The maximum atomic E-state index is 5.57. The second-order valence-corrected chi connectivity index (χ2v) is 5.62. The van der Waals surface area contributed by atoms with Gasteiger partial charge in [-0.1, -0.05) is 6.07 Å². The van der Waals surface area contributed by atoms with Crippen molar-refractivity contribution >= 4 is 5.82 Å². The van der Waals surface area contributed by atoms with Crippen LogP contribution in [-0.4, -0.2) is 52.1 Å². The highest BCUT2D eigenvalue weighted by atomic mass is 16.5. The summed E-state index contributed by atoms with van der Waals surface area (Å²) in [5.41, 5.74) is 1.23. The van der Waals surface area contributed by atoms with E-state index in [4.69, 9.17) is 9.47 Å². The van der Waals surface area contributed by atoms with Crippen LogP contribution in [0.25, 0.3) is 0 Å². The van der Waals surface area contributed by atoms with Crippen LogP contribution in [0.2, 0.25) is 0 Å². The highest BCUT2D eigenvalue weighted by Crippen LogP contribution is 2.20. The third-order valence-corrected chi connectivity index (χ3v) is 3.81. The van der Waals surface area contributed by atoms with E-state index in [0.29, 0.717) is 5.92 Å². The lowest BCUT2D eigenvalue weighted by molar-refractivity contribution is 0.0576. The molecule has 1 aliphatic heterocycles. The molecule has 1 saturated heterocycles. The summed E-state index contributed by atoms with van der Waals surface area (Å²) >= 11 is 0. The molecule has 0 saturated carbocycles. The molecule has 1 fully saturated rings. The van der Waals surface area contributed by atoms with E-state index in [1.54, 1.807) is 7.11 Å². The lowest BCUT2D eigenvalue weighted by atomic mass is 10.0. The topological polar surface area (TPSA) is 46.6 Å². The molecule has 5 nitrogen and oxygen atoms in total. The lowest BCUT2D eigenvalue weighted by Crippen LogP contribution is -2.32. The lowest BCUT2D eigenvalue weighted by Gasteiger charge is -2.28. The summed E-state index contributed by atoms with van der Waals surface area (Å²) in [4.78, 5) is 6.81. The predicted molar refractivity (Wildman–Crippen MR) is 84.6 cm³/mol. The normalized spacial score (nSPS) is 18.7. The molecule has 1 aliphatic rings. The molecule has 0 bridgehead atoms.